The summed E-state index contributed by atoms with van der Waals surface area (Å²) in [4.78, 5) is 10.7. The number of aliphatic hydroxyl groups excluding tert-OH is 1. The van der Waals surface area contributed by atoms with Gasteiger partial charge in [-0.25, -0.2) is 8.42 Å². The molecule has 1 aliphatic rings. The van der Waals surface area contributed by atoms with Crippen LogP contribution in [-0.2, 0) is 10.0 Å². The molecule has 0 bridgehead atoms. The average Bonchev–Trinajstić information content (AvgIpc) is 2.57. The van der Waals surface area contributed by atoms with Crippen molar-refractivity contribution in [2.75, 3.05) is 18.4 Å². The number of aliphatic hydroxyl groups is 1. The van der Waals surface area contributed by atoms with E-state index in [4.69, 9.17) is 0 Å². The van der Waals surface area contributed by atoms with Gasteiger partial charge in [0, 0.05) is 19.2 Å². The van der Waals surface area contributed by atoms with Crippen molar-refractivity contribution in [2.24, 2.45) is 0 Å². The van der Waals surface area contributed by atoms with E-state index in [0.29, 0.717) is 19.5 Å². The summed E-state index contributed by atoms with van der Waals surface area (Å²) < 4.78 is 26.4. The van der Waals surface area contributed by atoms with Crippen molar-refractivity contribution < 1.29 is 18.4 Å². The molecule has 2 rings (SSSR count). The Balaban J connectivity index is 2.36. The molecule has 0 unspecified atom stereocenters. The van der Waals surface area contributed by atoms with Crippen molar-refractivity contribution >= 4 is 21.4 Å². The number of anilines is 1. The molecule has 2 atom stereocenters. The number of nitrogens with zero attached hydrogens (tertiary/aromatic N) is 2. The van der Waals surface area contributed by atoms with Gasteiger partial charge < -0.3 is 10.4 Å². The zero-order chi connectivity index (χ0) is 18.6. The normalized spacial score (nSPS) is 21.3. The summed E-state index contributed by atoms with van der Waals surface area (Å²) in [5.41, 5.74) is -0.0690. The van der Waals surface area contributed by atoms with Crippen LogP contribution in [0.2, 0.25) is 0 Å². The van der Waals surface area contributed by atoms with E-state index in [2.05, 4.69) is 5.32 Å². The van der Waals surface area contributed by atoms with E-state index in [0.717, 1.165) is 25.3 Å². The van der Waals surface area contributed by atoms with Crippen LogP contribution < -0.4 is 5.32 Å². The lowest BCUT2D eigenvalue weighted by Gasteiger charge is -2.29. The highest BCUT2D eigenvalue weighted by atomic mass is 32.2. The van der Waals surface area contributed by atoms with Gasteiger partial charge in [0.1, 0.15) is 5.69 Å². The van der Waals surface area contributed by atoms with Crippen LogP contribution in [0.1, 0.15) is 39.5 Å². The Labute approximate surface area is 148 Å². The summed E-state index contributed by atoms with van der Waals surface area (Å²) in [5.74, 6) is 0. The van der Waals surface area contributed by atoms with Crippen molar-refractivity contribution in [1.29, 1.82) is 0 Å². The average molecular weight is 371 g/mol. The minimum Gasteiger partial charge on any atom is -0.391 e. The molecule has 0 aliphatic heterocycles. The van der Waals surface area contributed by atoms with Gasteiger partial charge in [-0.3, -0.25) is 10.1 Å². The maximum absolute atomic E-state index is 12.6. The lowest BCUT2D eigenvalue weighted by molar-refractivity contribution is -0.384. The molecular weight excluding hydrogens is 346 g/mol. The topological polar surface area (TPSA) is 113 Å². The first-order chi connectivity index (χ1) is 11.8. The second kappa shape index (κ2) is 8.11. The van der Waals surface area contributed by atoms with Crippen molar-refractivity contribution in [3.63, 3.8) is 0 Å². The summed E-state index contributed by atoms with van der Waals surface area (Å²) >= 11 is 0. The van der Waals surface area contributed by atoms with Crippen molar-refractivity contribution in [1.82, 2.24) is 4.31 Å². The standard InChI is InChI=1S/C16H25N3O5S/c1-3-18(4-2)25(23,24)12-9-10-13(15(11-12)19(21)22)17-14-7-5-6-8-16(14)20/h9-11,14,16-17,20H,3-8H2,1-2H3/t14-,16-/m0/s1. The number of hydrogen-bond donors (Lipinski definition) is 2. The predicted molar refractivity (Wildman–Crippen MR) is 95.1 cm³/mol. The Morgan fingerprint density at radius 1 is 1.28 bits per heavy atom. The highest BCUT2D eigenvalue weighted by Crippen LogP contribution is 2.31. The third-order valence-electron chi connectivity index (χ3n) is 4.58. The van der Waals surface area contributed by atoms with E-state index in [-0.39, 0.29) is 22.3 Å². The summed E-state index contributed by atoms with van der Waals surface area (Å²) in [6.45, 7) is 4.02. The van der Waals surface area contributed by atoms with E-state index in [9.17, 15) is 23.6 Å². The number of nitro groups is 1. The van der Waals surface area contributed by atoms with Gasteiger partial charge in [0.05, 0.1) is 22.0 Å². The second-order valence-electron chi connectivity index (χ2n) is 6.13. The van der Waals surface area contributed by atoms with Gasteiger partial charge >= 0.3 is 0 Å². The van der Waals surface area contributed by atoms with E-state index >= 15 is 0 Å². The first-order valence-corrected chi connectivity index (χ1v) is 9.98. The van der Waals surface area contributed by atoms with Gasteiger partial charge in [-0.05, 0) is 25.0 Å². The third-order valence-corrected chi connectivity index (χ3v) is 6.63. The monoisotopic (exact) mass is 371 g/mol. The van der Waals surface area contributed by atoms with Crippen LogP contribution in [0.15, 0.2) is 23.1 Å². The van der Waals surface area contributed by atoms with Crippen LogP contribution in [0.25, 0.3) is 0 Å². The van der Waals surface area contributed by atoms with Crippen LogP contribution in [0.4, 0.5) is 11.4 Å². The fraction of sp³-hybridized carbons (Fsp3) is 0.625. The van der Waals surface area contributed by atoms with Gasteiger partial charge in [-0.15, -0.1) is 0 Å². The van der Waals surface area contributed by atoms with Gasteiger partial charge in [0.15, 0.2) is 0 Å². The number of rotatable bonds is 7. The fourth-order valence-corrected chi connectivity index (χ4v) is 4.62. The summed E-state index contributed by atoms with van der Waals surface area (Å²) in [6.07, 6.45) is 2.68. The molecule has 0 amide bonds. The molecule has 0 saturated heterocycles. The summed E-state index contributed by atoms with van der Waals surface area (Å²) in [5, 5.41) is 24.5. The quantitative estimate of drug-likeness (QED) is 0.562. The smallest absolute Gasteiger partial charge is 0.293 e. The lowest BCUT2D eigenvalue weighted by atomic mass is 9.92. The molecule has 0 heterocycles. The molecule has 9 heteroatoms. The molecular formula is C16H25N3O5S. The Morgan fingerprint density at radius 3 is 2.48 bits per heavy atom. The molecule has 2 N–H and O–H groups in total. The molecule has 1 aromatic carbocycles. The van der Waals surface area contributed by atoms with Gasteiger partial charge in [0.2, 0.25) is 10.0 Å². The lowest BCUT2D eigenvalue weighted by Crippen LogP contribution is -2.36. The highest BCUT2D eigenvalue weighted by molar-refractivity contribution is 7.89. The molecule has 0 spiro atoms. The zero-order valence-electron chi connectivity index (χ0n) is 14.5. The van der Waals surface area contributed by atoms with Gasteiger partial charge in [0.25, 0.3) is 5.69 Å². The van der Waals surface area contributed by atoms with Crippen LogP contribution in [-0.4, -0.2) is 48.0 Å². The molecule has 1 aromatic rings. The Kier molecular flexibility index (Phi) is 6.36. The molecule has 0 radical (unpaired) electrons. The van der Waals surface area contributed by atoms with E-state index in [1.54, 1.807) is 13.8 Å². The third kappa shape index (κ3) is 4.28. The van der Waals surface area contributed by atoms with Crippen molar-refractivity contribution in [3.05, 3.63) is 28.3 Å². The van der Waals surface area contributed by atoms with Crippen molar-refractivity contribution in [3.8, 4) is 0 Å². The SMILES string of the molecule is CCN(CC)S(=O)(=O)c1ccc(N[C@H]2CCCC[C@@H]2O)c([N+](=O)[O-])c1. The Hall–Kier alpha value is -1.71. The number of nitrogens with one attached hydrogen (secondary N) is 1. The fourth-order valence-electron chi connectivity index (χ4n) is 3.14. The van der Waals surface area contributed by atoms with Crippen LogP contribution >= 0.6 is 0 Å². The maximum atomic E-state index is 12.6. The predicted octanol–water partition coefficient (Wildman–Crippen LogP) is 2.34. The minimum atomic E-state index is -3.77. The zero-order valence-corrected chi connectivity index (χ0v) is 15.3. The first-order valence-electron chi connectivity index (χ1n) is 8.54. The van der Waals surface area contributed by atoms with E-state index in [1.165, 1.54) is 16.4 Å². The maximum Gasteiger partial charge on any atom is 0.293 e. The highest BCUT2D eigenvalue weighted by Gasteiger charge is 2.28. The number of hydrogen-bond acceptors (Lipinski definition) is 6. The molecule has 140 valence electrons. The molecule has 8 nitrogen and oxygen atoms in total. The van der Waals surface area contributed by atoms with Crippen molar-refractivity contribution in [2.45, 2.75) is 56.6 Å². The number of sulfonamides is 1. The largest absolute Gasteiger partial charge is 0.391 e. The summed E-state index contributed by atoms with van der Waals surface area (Å²) in [6, 6.07) is 3.61. The molecule has 1 saturated carbocycles. The molecule has 25 heavy (non-hydrogen) atoms. The van der Waals surface area contributed by atoms with Crippen LogP contribution in [0.3, 0.4) is 0 Å². The summed E-state index contributed by atoms with van der Waals surface area (Å²) in [7, 11) is -3.77. The Morgan fingerprint density at radius 2 is 1.92 bits per heavy atom. The minimum absolute atomic E-state index is 0.0994. The Bertz CT molecular complexity index is 718. The molecule has 0 aromatic heterocycles. The van der Waals surface area contributed by atoms with E-state index in [1.807, 2.05) is 0 Å². The van der Waals surface area contributed by atoms with Crippen LogP contribution in [0, 0.1) is 10.1 Å². The number of nitro benzene ring substituents is 1. The van der Waals surface area contributed by atoms with E-state index < -0.39 is 21.1 Å². The van der Waals surface area contributed by atoms with Gasteiger partial charge in [-0.2, -0.15) is 4.31 Å². The molecule has 1 fully saturated rings. The number of benzene rings is 1. The second-order valence-corrected chi connectivity index (χ2v) is 8.07. The molecule has 1 aliphatic carbocycles. The van der Waals surface area contributed by atoms with Gasteiger partial charge in [-0.1, -0.05) is 26.7 Å². The van der Waals surface area contributed by atoms with Crippen LogP contribution in [0.5, 0.6) is 0 Å². The first kappa shape index (κ1) is 19.6.